The van der Waals surface area contributed by atoms with Gasteiger partial charge in [-0.25, -0.2) is 0 Å². The lowest BCUT2D eigenvalue weighted by atomic mass is 10.0. The van der Waals surface area contributed by atoms with Crippen molar-refractivity contribution in [2.75, 3.05) is 0 Å². The molecule has 30 heavy (non-hydrogen) atoms. The van der Waals surface area contributed by atoms with Crippen molar-refractivity contribution in [2.24, 2.45) is 5.92 Å². The van der Waals surface area contributed by atoms with Crippen LogP contribution < -0.4 is 5.19 Å². The van der Waals surface area contributed by atoms with Gasteiger partial charge in [0.2, 0.25) is 8.32 Å². The third-order valence-corrected chi connectivity index (χ3v) is 11.3. The van der Waals surface area contributed by atoms with Gasteiger partial charge in [0.15, 0.2) is 5.12 Å². The number of thioether (sulfide) groups is 1. The van der Waals surface area contributed by atoms with Gasteiger partial charge >= 0.3 is 0 Å². The molecule has 1 fully saturated rings. The zero-order valence-electron chi connectivity index (χ0n) is 18.6. The molecular weight excluding hydrogens is 404 g/mol. The van der Waals surface area contributed by atoms with Gasteiger partial charge in [0.1, 0.15) is 0 Å². The summed E-state index contributed by atoms with van der Waals surface area (Å²) in [6.07, 6.45) is 6.22. The normalized spacial score (nSPS) is 18.0. The molecule has 0 amide bonds. The predicted octanol–water partition coefficient (Wildman–Crippen LogP) is 6.43. The lowest BCUT2D eigenvalue weighted by Crippen LogP contribution is -2.58. The van der Waals surface area contributed by atoms with E-state index in [9.17, 15) is 4.79 Å². The second kappa shape index (κ2) is 10.1. The highest BCUT2D eigenvalue weighted by Gasteiger charge is 2.46. The fourth-order valence-electron chi connectivity index (χ4n) is 3.81. The van der Waals surface area contributed by atoms with E-state index in [0.717, 1.165) is 18.5 Å². The van der Waals surface area contributed by atoms with E-state index in [1.54, 1.807) is 0 Å². The molecule has 2 nitrogen and oxygen atoms in total. The van der Waals surface area contributed by atoms with Gasteiger partial charge in [-0.2, -0.15) is 0 Å². The second-order valence-corrected chi connectivity index (χ2v) is 14.9. The Morgan fingerprint density at radius 1 is 1.07 bits per heavy atom. The standard InChI is InChI=1S/C26H34O2SSi/c1-21(25(27)29-26(2,3)4)24(18-11-15-22-13-7-5-8-14-22)28-30(19-12-20-30)23-16-9-6-10-17-23/h5-11,13-17,21,24H,12,18-20H2,1-4H3/b15-11+/t21-,24+/m1/s1. The SMILES string of the molecule is C[C@@H](C(=O)SC(C)(C)C)[C@H](C/C=C/c1ccccc1)O[Si]1(c2ccccc2)CCC1. The van der Waals surface area contributed by atoms with E-state index >= 15 is 0 Å². The van der Waals surface area contributed by atoms with Crippen LogP contribution in [-0.4, -0.2) is 24.3 Å². The van der Waals surface area contributed by atoms with Crippen LogP contribution in [-0.2, 0) is 9.22 Å². The summed E-state index contributed by atoms with van der Waals surface area (Å²) in [5, 5.41) is 1.61. The van der Waals surface area contributed by atoms with E-state index < -0.39 is 8.32 Å². The molecule has 4 heteroatoms. The van der Waals surface area contributed by atoms with Gasteiger partial charge in [0.25, 0.3) is 0 Å². The summed E-state index contributed by atoms with van der Waals surface area (Å²) < 4.78 is 6.87. The van der Waals surface area contributed by atoms with Crippen LogP contribution in [0, 0.1) is 5.92 Å². The molecule has 1 aliphatic rings. The smallest absolute Gasteiger partial charge is 0.224 e. The summed E-state index contributed by atoms with van der Waals surface area (Å²) >= 11 is 1.44. The van der Waals surface area contributed by atoms with E-state index in [-0.39, 0.29) is 21.9 Å². The summed E-state index contributed by atoms with van der Waals surface area (Å²) in [6.45, 7) is 8.34. The zero-order valence-corrected chi connectivity index (χ0v) is 20.5. The first-order valence-electron chi connectivity index (χ1n) is 11.0. The summed E-state index contributed by atoms with van der Waals surface area (Å²) in [6, 6.07) is 23.4. The summed E-state index contributed by atoms with van der Waals surface area (Å²) in [5.74, 6) is -0.136. The molecule has 1 heterocycles. The fraction of sp³-hybridized carbons (Fsp3) is 0.423. The predicted molar refractivity (Wildman–Crippen MR) is 133 cm³/mol. The average molecular weight is 439 g/mol. The van der Waals surface area contributed by atoms with Crippen LogP contribution in [0.3, 0.4) is 0 Å². The van der Waals surface area contributed by atoms with Gasteiger partial charge < -0.3 is 4.43 Å². The zero-order chi connectivity index (χ0) is 21.6. The first kappa shape index (κ1) is 23.0. The maximum atomic E-state index is 13.0. The maximum Gasteiger partial charge on any atom is 0.224 e. The van der Waals surface area contributed by atoms with Crippen molar-refractivity contribution in [2.45, 2.75) is 63.5 Å². The number of carbonyl (C=O) groups excluding carboxylic acids is 1. The largest absolute Gasteiger partial charge is 0.408 e. The van der Waals surface area contributed by atoms with Crippen LogP contribution in [0.15, 0.2) is 66.7 Å². The second-order valence-electron chi connectivity index (χ2n) is 9.24. The van der Waals surface area contributed by atoms with Crippen molar-refractivity contribution in [1.29, 1.82) is 0 Å². The Balaban J connectivity index is 1.79. The minimum absolute atomic E-state index is 0.0826. The summed E-state index contributed by atoms with van der Waals surface area (Å²) in [7, 11) is -1.97. The molecule has 0 radical (unpaired) electrons. The molecule has 1 saturated heterocycles. The lowest BCUT2D eigenvalue weighted by Gasteiger charge is -2.43. The Hall–Kier alpha value is -1.62. The van der Waals surface area contributed by atoms with Crippen molar-refractivity contribution < 1.29 is 9.22 Å². The van der Waals surface area contributed by atoms with Crippen LogP contribution in [0.1, 0.15) is 46.1 Å². The molecule has 0 N–H and O–H groups in total. The highest BCUT2D eigenvalue weighted by molar-refractivity contribution is 8.14. The van der Waals surface area contributed by atoms with E-state index in [2.05, 4.69) is 75.4 Å². The molecule has 2 atom stereocenters. The molecule has 160 valence electrons. The minimum Gasteiger partial charge on any atom is -0.408 e. The van der Waals surface area contributed by atoms with E-state index in [1.807, 2.05) is 25.1 Å². The topological polar surface area (TPSA) is 26.3 Å². The molecule has 0 saturated carbocycles. The van der Waals surface area contributed by atoms with Crippen molar-refractivity contribution in [3.8, 4) is 0 Å². The Morgan fingerprint density at radius 3 is 2.20 bits per heavy atom. The first-order chi connectivity index (χ1) is 14.3. The molecule has 0 bridgehead atoms. The first-order valence-corrected chi connectivity index (χ1v) is 14.1. The molecule has 0 unspecified atom stereocenters. The third-order valence-electron chi connectivity index (χ3n) is 5.65. The van der Waals surface area contributed by atoms with Crippen molar-refractivity contribution in [3.63, 3.8) is 0 Å². The van der Waals surface area contributed by atoms with Crippen LogP contribution in [0.5, 0.6) is 0 Å². The monoisotopic (exact) mass is 438 g/mol. The Kier molecular flexibility index (Phi) is 7.78. The van der Waals surface area contributed by atoms with Crippen molar-refractivity contribution >= 4 is 36.5 Å². The lowest BCUT2D eigenvalue weighted by molar-refractivity contribution is -0.116. The molecule has 0 aromatic heterocycles. The number of carbonyl (C=O) groups is 1. The van der Waals surface area contributed by atoms with Gasteiger partial charge in [-0.3, -0.25) is 4.79 Å². The van der Waals surface area contributed by atoms with Gasteiger partial charge in [0.05, 0.1) is 12.0 Å². The van der Waals surface area contributed by atoms with Gasteiger partial charge in [0, 0.05) is 4.75 Å². The maximum absolute atomic E-state index is 13.0. The Labute approximate surface area is 187 Å². The molecule has 0 spiro atoms. The minimum atomic E-state index is -1.97. The number of benzene rings is 2. The Morgan fingerprint density at radius 2 is 1.67 bits per heavy atom. The molecule has 2 aromatic rings. The van der Waals surface area contributed by atoms with E-state index in [1.165, 1.54) is 28.9 Å². The fourth-order valence-corrected chi connectivity index (χ4v) is 8.37. The van der Waals surface area contributed by atoms with Gasteiger partial charge in [-0.15, -0.1) is 0 Å². The summed E-state index contributed by atoms with van der Waals surface area (Å²) in [5.41, 5.74) is 1.18. The van der Waals surface area contributed by atoms with E-state index in [4.69, 9.17) is 4.43 Å². The van der Waals surface area contributed by atoms with Crippen LogP contribution in [0.2, 0.25) is 12.1 Å². The van der Waals surface area contributed by atoms with Crippen LogP contribution in [0.4, 0.5) is 0 Å². The van der Waals surface area contributed by atoms with Crippen LogP contribution in [0.25, 0.3) is 6.08 Å². The molecule has 0 aliphatic carbocycles. The van der Waals surface area contributed by atoms with Crippen LogP contribution >= 0.6 is 11.8 Å². The molecular formula is C26H34O2SSi. The highest BCUT2D eigenvalue weighted by Crippen LogP contribution is 2.37. The number of hydrogen-bond acceptors (Lipinski definition) is 3. The highest BCUT2D eigenvalue weighted by atomic mass is 32.2. The van der Waals surface area contributed by atoms with Crippen molar-refractivity contribution in [1.82, 2.24) is 0 Å². The summed E-state index contributed by atoms with van der Waals surface area (Å²) in [4.78, 5) is 13.0. The Bertz CT molecular complexity index is 838. The van der Waals surface area contributed by atoms with Crippen molar-refractivity contribution in [3.05, 3.63) is 72.3 Å². The number of rotatable bonds is 8. The third kappa shape index (κ3) is 6.19. The van der Waals surface area contributed by atoms with Gasteiger partial charge in [-0.1, -0.05) is 119 Å². The average Bonchev–Trinajstić information content (AvgIpc) is 2.69. The molecule has 1 aliphatic heterocycles. The van der Waals surface area contributed by atoms with Gasteiger partial charge in [-0.05, 0) is 29.3 Å². The van der Waals surface area contributed by atoms with E-state index in [0.29, 0.717) is 0 Å². The quantitative estimate of drug-likeness (QED) is 0.444. The molecule has 2 aromatic carbocycles. The molecule has 3 rings (SSSR count). The number of hydrogen-bond donors (Lipinski definition) is 0.